The van der Waals surface area contributed by atoms with Crippen LogP contribution in [0.5, 0.6) is 0 Å². The summed E-state index contributed by atoms with van der Waals surface area (Å²) in [4.78, 5) is 24.7. The first-order valence-corrected chi connectivity index (χ1v) is 10.8. The molecule has 2 heterocycles. The molecule has 0 saturated heterocycles. The van der Waals surface area contributed by atoms with E-state index in [4.69, 9.17) is 0 Å². The van der Waals surface area contributed by atoms with Gasteiger partial charge in [-0.3, -0.25) is 9.36 Å². The fourth-order valence-corrected chi connectivity index (χ4v) is 3.93. The van der Waals surface area contributed by atoms with Crippen molar-refractivity contribution in [2.24, 2.45) is 0 Å². The zero-order valence-electron chi connectivity index (χ0n) is 17.0. The minimum Gasteiger partial charge on any atom is -0.310 e. The molecule has 9 heteroatoms. The van der Waals surface area contributed by atoms with Gasteiger partial charge >= 0.3 is 5.69 Å². The predicted octanol–water partition coefficient (Wildman–Crippen LogP) is 3.04. The van der Waals surface area contributed by atoms with E-state index in [0.717, 1.165) is 16.9 Å². The maximum atomic E-state index is 12.6. The minimum absolute atomic E-state index is 0.120. The Morgan fingerprint density at radius 2 is 1.81 bits per heavy atom. The third-order valence-electron chi connectivity index (χ3n) is 4.62. The Labute approximate surface area is 183 Å². The van der Waals surface area contributed by atoms with Gasteiger partial charge in [0.05, 0.1) is 17.1 Å². The molecule has 0 unspecified atom stereocenters. The highest BCUT2D eigenvalue weighted by atomic mass is 32.2. The topological polar surface area (TPSA) is 97.6 Å². The normalized spacial score (nSPS) is 10.9. The van der Waals surface area contributed by atoms with Gasteiger partial charge in [-0.1, -0.05) is 60.3 Å². The first kappa shape index (κ1) is 20.7. The molecule has 0 saturated carbocycles. The number of hydrogen-bond acceptors (Lipinski definition) is 5. The van der Waals surface area contributed by atoms with Crippen LogP contribution in [0.2, 0.25) is 0 Å². The number of aromatic nitrogens is 5. The van der Waals surface area contributed by atoms with Crippen LogP contribution >= 0.6 is 11.8 Å². The molecule has 0 aliphatic carbocycles. The van der Waals surface area contributed by atoms with E-state index in [-0.39, 0.29) is 17.3 Å². The Hall–Kier alpha value is -3.59. The van der Waals surface area contributed by atoms with Gasteiger partial charge in [0.25, 0.3) is 0 Å². The van der Waals surface area contributed by atoms with E-state index in [1.807, 2.05) is 73.7 Å². The summed E-state index contributed by atoms with van der Waals surface area (Å²) in [6.07, 6.45) is 0.704. The average molecular weight is 435 g/mol. The number of thioether (sulfide) groups is 1. The van der Waals surface area contributed by atoms with Crippen LogP contribution in [0, 0.1) is 6.92 Å². The number of aromatic amines is 1. The van der Waals surface area contributed by atoms with Crippen molar-refractivity contribution in [1.29, 1.82) is 0 Å². The molecule has 4 rings (SSSR count). The zero-order chi connectivity index (χ0) is 21.6. The van der Waals surface area contributed by atoms with Gasteiger partial charge in [-0.15, -0.1) is 5.10 Å². The highest BCUT2D eigenvalue weighted by Crippen LogP contribution is 2.19. The Kier molecular flexibility index (Phi) is 6.32. The summed E-state index contributed by atoms with van der Waals surface area (Å²) in [5.41, 5.74) is 2.51. The SMILES string of the molecule is Cc1cc(NC(=O)CSc2n[nH]c(=O)n2CCc2ccccc2)n(-c2ccccc2)n1. The molecule has 8 nitrogen and oxygen atoms in total. The average Bonchev–Trinajstić information content (AvgIpc) is 3.33. The summed E-state index contributed by atoms with van der Waals surface area (Å²) >= 11 is 1.22. The Morgan fingerprint density at radius 1 is 1.10 bits per heavy atom. The number of aryl methyl sites for hydroxylation is 2. The third-order valence-corrected chi connectivity index (χ3v) is 5.60. The van der Waals surface area contributed by atoms with Gasteiger partial charge in [0, 0.05) is 12.6 Å². The van der Waals surface area contributed by atoms with E-state index in [9.17, 15) is 9.59 Å². The number of nitrogens with one attached hydrogen (secondary N) is 2. The Morgan fingerprint density at radius 3 is 2.55 bits per heavy atom. The molecule has 0 atom stereocenters. The maximum absolute atomic E-state index is 12.6. The monoisotopic (exact) mass is 434 g/mol. The van der Waals surface area contributed by atoms with Crippen LogP contribution in [0.3, 0.4) is 0 Å². The number of carbonyl (C=O) groups is 1. The molecule has 0 spiro atoms. The Bertz CT molecular complexity index is 1210. The molecule has 0 bridgehead atoms. The second-order valence-corrected chi connectivity index (χ2v) is 7.90. The lowest BCUT2D eigenvalue weighted by molar-refractivity contribution is -0.113. The fourth-order valence-electron chi connectivity index (χ4n) is 3.16. The molecule has 0 radical (unpaired) electrons. The summed E-state index contributed by atoms with van der Waals surface area (Å²) in [5.74, 6) is 0.513. The lowest BCUT2D eigenvalue weighted by Crippen LogP contribution is -2.20. The van der Waals surface area contributed by atoms with Crippen molar-refractivity contribution in [3.63, 3.8) is 0 Å². The summed E-state index contributed by atoms with van der Waals surface area (Å²) in [5, 5.41) is 14.4. The van der Waals surface area contributed by atoms with E-state index >= 15 is 0 Å². The van der Waals surface area contributed by atoms with Crippen LogP contribution in [-0.2, 0) is 17.8 Å². The smallest absolute Gasteiger partial charge is 0.310 e. The van der Waals surface area contributed by atoms with Gasteiger partial charge in [0.15, 0.2) is 5.16 Å². The van der Waals surface area contributed by atoms with E-state index in [1.54, 1.807) is 9.25 Å². The van der Waals surface area contributed by atoms with E-state index in [2.05, 4.69) is 20.6 Å². The van der Waals surface area contributed by atoms with E-state index in [0.29, 0.717) is 23.9 Å². The molecule has 2 N–H and O–H groups in total. The lowest BCUT2D eigenvalue weighted by atomic mass is 10.1. The van der Waals surface area contributed by atoms with Crippen molar-refractivity contribution in [3.8, 4) is 5.69 Å². The second-order valence-electron chi connectivity index (χ2n) is 6.95. The number of para-hydroxylation sites is 1. The zero-order valence-corrected chi connectivity index (χ0v) is 17.8. The summed E-state index contributed by atoms with van der Waals surface area (Å²) < 4.78 is 3.26. The summed E-state index contributed by atoms with van der Waals surface area (Å²) in [7, 11) is 0. The quantitative estimate of drug-likeness (QED) is 0.416. The van der Waals surface area contributed by atoms with Crippen LogP contribution in [0.4, 0.5) is 5.82 Å². The van der Waals surface area contributed by atoms with Gasteiger partial charge in [-0.05, 0) is 31.0 Å². The van der Waals surface area contributed by atoms with Crippen molar-refractivity contribution >= 4 is 23.5 Å². The molecule has 158 valence electrons. The molecule has 0 aliphatic rings. The largest absolute Gasteiger partial charge is 0.343 e. The molecule has 31 heavy (non-hydrogen) atoms. The van der Waals surface area contributed by atoms with Crippen LogP contribution in [0.1, 0.15) is 11.3 Å². The molecular formula is C22H22N6O2S. The standard InChI is InChI=1S/C22H22N6O2S/c1-16-14-19(28(26-16)18-10-6-3-7-11-18)23-20(29)15-31-22-25-24-21(30)27(22)13-12-17-8-4-2-5-9-17/h2-11,14H,12-13,15H2,1H3,(H,23,29)(H,24,30). The number of benzene rings is 2. The number of carbonyl (C=O) groups excluding carboxylic acids is 1. The predicted molar refractivity (Wildman–Crippen MR) is 121 cm³/mol. The number of hydrogen-bond donors (Lipinski definition) is 2. The fraction of sp³-hybridized carbons (Fsp3) is 0.182. The number of nitrogens with zero attached hydrogens (tertiary/aromatic N) is 4. The van der Waals surface area contributed by atoms with E-state index < -0.39 is 0 Å². The van der Waals surface area contributed by atoms with Gasteiger partial charge in [-0.2, -0.15) is 5.10 Å². The number of anilines is 1. The first-order chi connectivity index (χ1) is 15.1. The molecular weight excluding hydrogens is 412 g/mol. The number of rotatable bonds is 8. The van der Waals surface area contributed by atoms with Crippen LogP contribution in [0.15, 0.2) is 76.7 Å². The highest BCUT2D eigenvalue weighted by molar-refractivity contribution is 7.99. The van der Waals surface area contributed by atoms with Crippen LogP contribution < -0.4 is 11.0 Å². The van der Waals surface area contributed by atoms with Crippen molar-refractivity contribution in [1.82, 2.24) is 24.5 Å². The van der Waals surface area contributed by atoms with Gasteiger partial charge < -0.3 is 5.32 Å². The van der Waals surface area contributed by atoms with Crippen molar-refractivity contribution in [3.05, 3.63) is 88.5 Å². The maximum Gasteiger partial charge on any atom is 0.343 e. The van der Waals surface area contributed by atoms with Crippen molar-refractivity contribution in [2.75, 3.05) is 11.1 Å². The minimum atomic E-state index is -0.281. The molecule has 2 aromatic heterocycles. The first-order valence-electron chi connectivity index (χ1n) is 9.84. The Balaban J connectivity index is 1.40. The van der Waals surface area contributed by atoms with Crippen LogP contribution in [-0.4, -0.2) is 36.2 Å². The van der Waals surface area contributed by atoms with E-state index in [1.165, 1.54) is 11.8 Å². The van der Waals surface area contributed by atoms with Crippen LogP contribution in [0.25, 0.3) is 5.69 Å². The molecule has 1 amide bonds. The molecule has 0 fully saturated rings. The second kappa shape index (κ2) is 9.48. The van der Waals surface area contributed by atoms with Gasteiger partial charge in [0.2, 0.25) is 5.91 Å². The number of H-pyrrole nitrogens is 1. The van der Waals surface area contributed by atoms with Crippen molar-refractivity contribution in [2.45, 2.75) is 25.0 Å². The summed E-state index contributed by atoms with van der Waals surface area (Å²) in [6, 6.07) is 21.4. The highest BCUT2D eigenvalue weighted by Gasteiger charge is 2.14. The molecule has 4 aromatic rings. The molecule has 0 aliphatic heterocycles. The van der Waals surface area contributed by atoms with Crippen molar-refractivity contribution < 1.29 is 4.79 Å². The van der Waals surface area contributed by atoms with Gasteiger partial charge in [0.1, 0.15) is 5.82 Å². The van der Waals surface area contributed by atoms with Gasteiger partial charge in [-0.25, -0.2) is 14.6 Å². The number of amides is 1. The molecule has 2 aromatic carbocycles. The summed E-state index contributed by atoms with van der Waals surface area (Å²) in [6.45, 7) is 2.36. The lowest BCUT2D eigenvalue weighted by Gasteiger charge is -2.09. The third kappa shape index (κ3) is 5.13.